The summed E-state index contributed by atoms with van der Waals surface area (Å²) >= 11 is 0. The molecule has 5 rings (SSSR count). The monoisotopic (exact) mass is 448 g/mol. The fourth-order valence-electron chi connectivity index (χ4n) is 6.40. The van der Waals surface area contributed by atoms with Crippen molar-refractivity contribution in [3.8, 4) is 0 Å². The first kappa shape index (κ1) is 24.2. The van der Waals surface area contributed by atoms with Gasteiger partial charge in [0.15, 0.2) is 0 Å². The van der Waals surface area contributed by atoms with Crippen LogP contribution >= 0.6 is 0 Å². The lowest BCUT2D eigenvalue weighted by Crippen LogP contribution is -2.47. The molecule has 1 saturated carbocycles. The van der Waals surface area contributed by atoms with Gasteiger partial charge < -0.3 is 10.1 Å². The van der Waals surface area contributed by atoms with Crippen molar-refractivity contribution in [1.29, 1.82) is 0 Å². The summed E-state index contributed by atoms with van der Waals surface area (Å²) in [5.41, 5.74) is 5.87. The average Bonchev–Trinajstić information content (AvgIpc) is 3.33. The molecule has 1 saturated heterocycles. The quantitative estimate of drug-likeness (QED) is 0.493. The Labute approximate surface area is 202 Å². The number of ether oxygens (including phenoxy) is 1. The van der Waals surface area contributed by atoms with Crippen LogP contribution in [0.5, 0.6) is 0 Å². The van der Waals surface area contributed by atoms with Crippen LogP contribution in [0.4, 0.5) is 0 Å². The molecule has 2 aliphatic carbocycles. The highest BCUT2D eigenvalue weighted by atomic mass is 16.5. The Morgan fingerprint density at radius 2 is 1.85 bits per heavy atom. The zero-order valence-corrected chi connectivity index (χ0v) is 20.9. The topological polar surface area (TPSA) is 34.2 Å². The Balaban J connectivity index is 0.00000105. The Kier molecular flexibility index (Phi) is 8.03. The molecule has 0 amide bonds. The van der Waals surface area contributed by atoms with Gasteiger partial charge in [-0.2, -0.15) is 0 Å². The van der Waals surface area contributed by atoms with E-state index in [9.17, 15) is 0 Å². The first-order valence-electron chi connectivity index (χ1n) is 13.3. The molecule has 0 bridgehead atoms. The third kappa shape index (κ3) is 5.10. The highest BCUT2D eigenvalue weighted by molar-refractivity contribution is 5.70. The minimum Gasteiger partial charge on any atom is -0.375 e. The summed E-state index contributed by atoms with van der Waals surface area (Å²) in [6.07, 6.45) is 15.0. The Morgan fingerprint density at radius 3 is 2.61 bits per heavy atom. The summed E-state index contributed by atoms with van der Waals surface area (Å²) in [7, 11) is 0. The van der Waals surface area contributed by atoms with Crippen LogP contribution in [0.25, 0.3) is 5.57 Å². The highest BCUT2D eigenvalue weighted by Gasteiger charge is 2.48. The maximum Gasteiger partial charge on any atom is 0.0691 e. The number of nitrogens with zero attached hydrogens (tertiary/aromatic N) is 1. The van der Waals surface area contributed by atoms with Crippen LogP contribution in [-0.2, 0) is 10.2 Å². The van der Waals surface area contributed by atoms with Gasteiger partial charge >= 0.3 is 0 Å². The number of pyridine rings is 1. The number of benzene rings is 1. The summed E-state index contributed by atoms with van der Waals surface area (Å²) < 4.78 is 6.41. The second-order valence-corrected chi connectivity index (χ2v) is 9.82. The molecule has 2 heterocycles. The number of rotatable bonds is 6. The number of hydrogen-bond donors (Lipinski definition) is 1. The van der Waals surface area contributed by atoms with Crippen molar-refractivity contribution in [2.24, 2.45) is 0 Å². The van der Waals surface area contributed by atoms with Gasteiger partial charge in [0.25, 0.3) is 0 Å². The normalized spacial score (nSPS) is 25.7. The zero-order valence-electron chi connectivity index (χ0n) is 20.9. The molecule has 2 aromatic rings. The van der Waals surface area contributed by atoms with Gasteiger partial charge in [0.05, 0.1) is 5.60 Å². The third-order valence-electron chi connectivity index (χ3n) is 8.03. The Bertz CT molecular complexity index is 922. The fraction of sp³-hybridized carbons (Fsp3) is 0.567. The van der Waals surface area contributed by atoms with Crippen molar-refractivity contribution in [3.05, 3.63) is 71.6 Å². The van der Waals surface area contributed by atoms with Crippen molar-refractivity contribution in [1.82, 2.24) is 10.3 Å². The molecule has 3 heteroatoms. The first-order chi connectivity index (χ1) is 16.2. The van der Waals surface area contributed by atoms with Crippen LogP contribution in [0.2, 0.25) is 0 Å². The maximum atomic E-state index is 6.41. The van der Waals surface area contributed by atoms with E-state index in [1.165, 1.54) is 48.1 Å². The van der Waals surface area contributed by atoms with E-state index in [4.69, 9.17) is 9.72 Å². The Morgan fingerprint density at radius 1 is 1.06 bits per heavy atom. The molecule has 3 nitrogen and oxygen atoms in total. The van der Waals surface area contributed by atoms with Gasteiger partial charge in [0.1, 0.15) is 0 Å². The molecule has 1 aromatic carbocycles. The number of aromatic nitrogens is 1. The third-order valence-corrected chi connectivity index (χ3v) is 8.03. The minimum absolute atomic E-state index is 0. The molecule has 1 aliphatic heterocycles. The molecule has 2 atom stereocenters. The lowest BCUT2D eigenvalue weighted by Gasteiger charge is -2.46. The van der Waals surface area contributed by atoms with Gasteiger partial charge in [-0.1, -0.05) is 70.0 Å². The zero-order chi connectivity index (χ0) is 23.2. The minimum atomic E-state index is 0. The molecular formula is C30H44N2O. The highest BCUT2D eigenvalue weighted by Crippen LogP contribution is 2.49. The number of allylic oxidation sites excluding steroid dienone is 1. The van der Waals surface area contributed by atoms with Gasteiger partial charge in [-0.25, -0.2) is 0 Å². The van der Waals surface area contributed by atoms with E-state index in [-0.39, 0.29) is 12.4 Å². The van der Waals surface area contributed by atoms with Crippen LogP contribution in [0.15, 0.2) is 54.7 Å². The second-order valence-electron chi connectivity index (χ2n) is 9.82. The van der Waals surface area contributed by atoms with Crippen LogP contribution < -0.4 is 5.32 Å². The van der Waals surface area contributed by atoms with Crippen LogP contribution in [-0.4, -0.2) is 23.7 Å². The molecule has 3 aliphatic rings. The summed E-state index contributed by atoms with van der Waals surface area (Å²) in [6, 6.07) is 15.8. The van der Waals surface area contributed by atoms with E-state index in [0.29, 0.717) is 6.04 Å². The van der Waals surface area contributed by atoms with E-state index in [0.717, 1.165) is 45.3 Å². The predicted octanol–water partition coefficient (Wildman–Crippen LogP) is 7.63. The lowest BCUT2D eigenvalue weighted by atomic mass is 9.68. The molecule has 2 fully saturated rings. The van der Waals surface area contributed by atoms with Gasteiger partial charge in [-0.3, -0.25) is 4.98 Å². The van der Waals surface area contributed by atoms with E-state index in [1.54, 1.807) is 0 Å². The smallest absolute Gasteiger partial charge is 0.0691 e. The summed E-state index contributed by atoms with van der Waals surface area (Å²) in [6.45, 7) is 8.14. The number of hydrogen-bond acceptors (Lipinski definition) is 3. The molecule has 33 heavy (non-hydrogen) atoms. The van der Waals surface area contributed by atoms with E-state index in [2.05, 4.69) is 54.7 Å². The van der Waals surface area contributed by atoms with Crippen molar-refractivity contribution in [2.45, 2.75) is 95.6 Å². The van der Waals surface area contributed by atoms with Crippen LogP contribution in [0, 0.1) is 0 Å². The lowest BCUT2D eigenvalue weighted by molar-refractivity contribution is -0.104. The SMILES string of the molecule is CC.CCC1=CC[C@H](NCC[C@@]2(c3ccccn3)CCOC3(CCCC3)C2)c2ccccc21.[HH]. The molecule has 1 spiro atoms. The summed E-state index contributed by atoms with van der Waals surface area (Å²) in [4.78, 5) is 4.86. The van der Waals surface area contributed by atoms with E-state index in [1.807, 2.05) is 26.1 Å². The average molecular weight is 449 g/mol. The molecule has 180 valence electrons. The van der Waals surface area contributed by atoms with E-state index >= 15 is 0 Å². The first-order valence-corrected chi connectivity index (χ1v) is 13.3. The van der Waals surface area contributed by atoms with Crippen molar-refractivity contribution >= 4 is 5.57 Å². The van der Waals surface area contributed by atoms with Crippen molar-refractivity contribution in [2.75, 3.05) is 13.2 Å². The molecule has 0 unspecified atom stereocenters. The number of fused-ring (bicyclic) bond motifs is 1. The molecule has 1 aromatic heterocycles. The maximum absolute atomic E-state index is 6.41. The van der Waals surface area contributed by atoms with Gasteiger partial charge in [-0.15, -0.1) is 0 Å². The largest absolute Gasteiger partial charge is 0.375 e. The van der Waals surface area contributed by atoms with Crippen molar-refractivity contribution < 1.29 is 6.16 Å². The fourth-order valence-corrected chi connectivity index (χ4v) is 6.40. The van der Waals surface area contributed by atoms with Crippen LogP contribution in [0.3, 0.4) is 0 Å². The Hall–Kier alpha value is -1.97. The van der Waals surface area contributed by atoms with Gasteiger partial charge in [0.2, 0.25) is 0 Å². The summed E-state index contributed by atoms with van der Waals surface area (Å²) in [5, 5.41) is 3.93. The molecular weight excluding hydrogens is 404 g/mol. The van der Waals surface area contributed by atoms with Crippen molar-refractivity contribution in [3.63, 3.8) is 0 Å². The number of nitrogens with one attached hydrogen (secondary N) is 1. The standard InChI is InChI=1S/C28H36N2O.C2H6.H2/c1-2-22-12-13-25(24-10-4-3-9-23(22)24)29-19-16-27(26-11-5-8-18-30-26)17-20-31-28(21-27)14-6-7-15-28;1-2;/h3-5,8-12,18,25,29H,2,6-7,13-17,19-21H2,1H3;1-2H3;1H/t25-,27+;;/m0../s1. The summed E-state index contributed by atoms with van der Waals surface area (Å²) in [5.74, 6) is 0. The second kappa shape index (κ2) is 11.0. The van der Waals surface area contributed by atoms with E-state index < -0.39 is 0 Å². The predicted molar refractivity (Wildman–Crippen MR) is 140 cm³/mol. The van der Waals surface area contributed by atoms with Gasteiger partial charge in [-0.05, 0) is 80.3 Å². The van der Waals surface area contributed by atoms with Crippen LogP contribution in [0.1, 0.15) is 103 Å². The molecule has 1 N–H and O–H groups in total. The van der Waals surface area contributed by atoms with Gasteiger partial charge in [0, 0.05) is 31.4 Å². The molecule has 0 radical (unpaired) electrons.